The number of carboxylic acid groups (broad SMARTS) is 1. The fourth-order valence-corrected chi connectivity index (χ4v) is 2.81. The molecule has 1 fully saturated rings. The van der Waals surface area contributed by atoms with Gasteiger partial charge in [0.25, 0.3) is 0 Å². The standard InChI is InChI=1S/C14H25NO3/c1-4-7-10(2)15(3)13(16)11-8-5-6-9-12(11)14(17)18/h10-12H,4-9H2,1-3H3,(H,17,18)/t10?,11-,12+/m1/s1. The van der Waals surface area contributed by atoms with E-state index in [1.807, 2.05) is 6.92 Å². The minimum absolute atomic E-state index is 0.0167. The van der Waals surface area contributed by atoms with Crippen molar-refractivity contribution in [1.82, 2.24) is 4.90 Å². The van der Waals surface area contributed by atoms with Crippen LogP contribution in [-0.2, 0) is 9.59 Å². The van der Waals surface area contributed by atoms with E-state index < -0.39 is 11.9 Å². The second-order valence-electron chi connectivity index (χ2n) is 5.42. The number of hydrogen-bond acceptors (Lipinski definition) is 2. The van der Waals surface area contributed by atoms with Gasteiger partial charge in [0.15, 0.2) is 0 Å². The third kappa shape index (κ3) is 3.47. The van der Waals surface area contributed by atoms with Crippen LogP contribution in [0.1, 0.15) is 52.4 Å². The fraction of sp³-hybridized carbons (Fsp3) is 0.857. The lowest BCUT2D eigenvalue weighted by atomic mass is 9.78. The highest BCUT2D eigenvalue weighted by molar-refractivity contribution is 5.85. The van der Waals surface area contributed by atoms with Crippen LogP contribution in [0.2, 0.25) is 0 Å². The third-order valence-electron chi connectivity index (χ3n) is 4.12. The van der Waals surface area contributed by atoms with Crippen molar-refractivity contribution < 1.29 is 14.7 Å². The van der Waals surface area contributed by atoms with Crippen molar-refractivity contribution >= 4 is 11.9 Å². The zero-order valence-corrected chi connectivity index (χ0v) is 11.7. The Morgan fingerprint density at radius 2 is 1.83 bits per heavy atom. The summed E-state index contributed by atoms with van der Waals surface area (Å²) in [5, 5.41) is 9.21. The molecule has 0 aliphatic heterocycles. The summed E-state index contributed by atoms with van der Waals surface area (Å²) >= 11 is 0. The lowest BCUT2D eigenvalue weighted by Gasteiger charge is -2.33. The molecule has 1 saturated carbocycles. The van der Waals surface area contributed by atoms with E-state index in [9.17, 15) is 14.7 Å². The van der Waals surface area contributed by atoms with Gasteiger partial charge in [-0.15, -0.1) is 0 Å². The molecule has 3 atom stereocenters. The average Bonchev–Trinajstić information content (AvgIpc) is 2.37. The van der Waals surface area contributed by atoms with E-state index in [-0.39, 0.29) is 17.9 Å². The van der Waals surface area contributed by atoms with Gasteiger partial charge in [0.2, 0.25) is 5.91 Å². The first kappa shape index (κ1) is 15.0. The first-order chi connectivity index (χ1) is 8.49. The van der Waals surface area contributed by atoms with Crippen molar-refractivity contribution in [3.63, 3.8) is 0 Å². The second-order valence-corrected chi connectivity index (χ2v) is 5.42. The van der Waals surface area contributed by atoms with Crippen molar-refractivity contribution in [1.29, 1.82) is 0 Å². The Morgan fingerprint density at radius 3 is 2.33 bits per heavy atom. The molecule has 0 radical (unpaired) electrons. The molecule has 0 heterocycles. The summed E-state index contributed by atoms with van der Waals surface area (Å²) in [7, 11) is 1.80. The molecule has 0 saturated heterocycles. The third-order valence-corrected chi connectivity index (χ3v) is 4.12. The highest BCUT2D eigenvalue weighted by atomic mass is 16.4. The monoisotopic (exact) mass is 255 g/mol. The molecule has 4 heteroatoms. The van der Waals surface area contributed by atoms with Crippen LogP contribution in [0.15, 0.2) is 0 Å². The van der Waals surface area contributed by atoms with E-state index in [1.54, 1.807) is 11.9 Å². The molecular weight excluding hydrogens is 230 g/mol. The Bertz CT molecular complexity index is 303. The van der Waals surface area contributed by atoms with Gasteiger partial charge in [0.05, 0.1) is 11.8 Å². The van der Waals surface area contributed by atoms with Crippen LogP contribution in [0.4, 0.5) is 0 Å². The fourth-order valence-electron chi connectivity index (χ4n) is 2.81. The van der Waals surface area contributed by atoms with Gasteiger partial charge in [-0.1, -0.05) is 26.2 Å². The van der Waals surface area contributed by atoms with Crippen molar-refractivity contribution in [2.75, 3.05) is 7.05 Å². The molecule has 0 spiro atoms. The Kier molecular flexibility index (Phi) is 5.63. The number of carbonyl (C=O) groups excluding carboxylic acids is 1. The number of nitrogens with zero attached hydrogens (tertiary/aromatic N) is 1. The van der Waals surface area contributed by atoms with Crippen molar-refractivity contribution in [2.45, 2.75) is 58.4 Å². The lowest BCUT2D eigenvalue weighted by Crippen LogP contribution is -2.44. The van der Waals surface area contributed by atoms with E-state index in [1.165, 1.54) is 0 Å². The molecule has 1 N–H and O–H groups in total. The van der Waals surface area contributed by atoms with Gasteiger partial charge in [0.1, 0.15) is 0 Å². The summed E-state index contributed by atoms with van der Waals surface area (Å²) in [6, 6.07) is 0.193. The number of amides is 1. The molecule has 1 unspecified atom stereocenters. The van der Waals surface area contributed by atoms with E-state index in [0.717, 1.165) is 32.1 Å². The number of hydrogen-bond donors (Lipinski definition) is 1. The van der Waals surface area contributed by atoms with Gasteiger partial charge >= 0.3 is 5.97 Å². The van der Waals surface area contributed by atoms with Crippen molar-refractivity contribution in [2.24, 2.45) is 11.8 Å². The van der Waals surface area contributed by atoms with Crippen LogP contribution in [0, 0.1) is 11.8 Å². The Balaban J connectivity index is 2.70. The smallest absolute Gasteiger partial charge is 0.307 e. The first-order valence-corrected chi connectivity index (χ1v) is 6.98. The normalized spacial score (nSPS) is 25.5. The molecule has 18 heavy (non-hydrogen) atoms. The first-order valence-electron chi connectivity index (χ1n) is 6.98. The van der Waals surface area contributed by atoms with Gasteiger partial charge in [-0.3, -0.25) is 9.59 Å². The summed E-state index contributed by atoms with van der Waals surface area (Å²) < 4.78 is 0. The molecule has 1 rings (SSSR count). The Hall–Kier alpha value is -1.06. The van der Waals surface area contributed by atoms with E-state index in [2.05, 4.69) is 6.92 Å². The van der Waals surface area contributed by atoms with Gasteiger partial charge in [-0.25, -0.2) is 0 Å². The summed E-state index contributed by atoms with van der Waals surface area (Å²) in [5.41, 5.74) is 0. The maximum Gasteiger partial charge on any atom is 0.307 e. The van der Waals surface area contributed by atoms with E-state index >= 15 is 0 Å². The Labute approximate surface area is 109 Å². The number of aliphatic carboxylic acids is 1. The molecule has 1 aliphatic carbocycles. The topological polar surface area (TPSA) is 57.6 Å². The maximum atomic E-state index is 12.4. The molecule has 4 nitrogen and oxygen atoms in total. The van der Waals surface area contributed by atoms with Gasteiger partial charge in [-0.05, 0) is 26.2 Å². The quantitative estimate of drug-likeness (QED) is 0.821. The highest BCUT2D eigenvalue weighted by Gasteiger charge is 2.37. The maximum absolute atomic E-state index is 12.4. The van der Waals surface area contributed by atoms with E-state index in [0.29, 0.717) is 6.42 Å². The molecule has 0 bridgehead atoms. The summed E-state index contributed by atoms with van der Waals surface area (Å²) in [6.07, 6.45) is 5.25. The molecule has 1 amide bonds. The SMILES string of the molecule is CCCC(C)N(C)C(=O)[C@@H]1CCCC[C@@H]1C(=O)O. The number of carbonyl (C=O) groups is 2. The minimum Gasteiger partial charge on any atom is -0.481 e. The van der Waals surface area contributed by atoms with Crippen LogP contribution in [0.3, 0.4) is 0 Å². The summed E-state index contributed by atoms with van der Waals surface area (Å²) in [6.45, 7) is 4.12. The molecule has 1 aliphatic rings. The van der Waals surface area contributed by atoms with Crippen molar-refractivity contribution in [3.05, 3.63) is 0 Å². The highest BCUT2D eigenvalue weighted by Crippen LogP contribution is 2.32. The van der Waals surface area contributed by atoms with Crippen LogP contribution >= 0.6 is 0 Å². The van der Waals surface area contributed by atoms with Gasteiger partial charge < -0.3 is 10.0 Å². The van der Waals surface area contributed by atoms with Crippen LogP contribution in [0.25, 0.3) is 0 Å². The predicted octanol–water partition coefficient (Wildman–Crippen LogP) is 2.52. The van der Waals surface area contributed by atoms with E-state index in [4.69, 9.17) is 0 Å². The van der Waals surface area contributed by atoms with Crippen LogP contribution in [0.5, 0.6) is 0 Å². The van der Waals surface area contributed by atoms with Crippen LogP contribution in [-0.4, -0.2) is 35.0 Å². The molecular formula is C14H25NO3. The number of rotatable bonds is 5. The summed E-state index contributed by atoms with van der Waals surface area (Å²) in [5.74, 6) is -1.60. The van der Waals surface area contributed by atoms with Crippen LogP contribution < -0.4 is 0 Å². The largest absolute Gasteiger partial charge is 0.481 e. The molecule has 0 aromatic rings. The van der Waals surface area contributed by atoms with Gasteiger partial charge in [0, 0.05) is 13.1 Å². The molecule has 104 valence electrons. The molecule has 0 aromatic heterocycles. The zero-order valence-electron chi connectivity index (χ0n) is 11.7. The van der Waals surface area contributed by atoms with Crippen molar-refractivity contribution in [3.8, 4) is 0 Å². The lowest BCUT2D eigenvalue weighted by molar-refractivity contribution is -0.152. The molecule has 0 aromatic carbocycles. The predicted molar refractivity (Wildman–Crippen MR) is 70.2 cm³/mol. The summed E-state index contributed by atoms with van der Waals surface area (Å²) in [4.78, 5) is 25.4. The number of carboxylic acids is 1. The van der Waals surface area contributed by atoms with Gasteiger partial charge in [-0.2, -0.15) is 0 Å². The second kappa shape index (κ2) is 6.76. The zero-order chi connectivity index (χ0) is 13.7. The average molecular weight is 255 g/mol. The minimum atomic E-state index is -0.815. The Morgan fingerprint density at radius 1 is 1.28 bits per heavy atom.